The minimum absolute atomic E-state index is 1.19. The van der Waals surface area contributed by atoms with Gasteiger partial charge < -0.3 is 0 Å². The second-order valence-electron chi connectivity index (χ2n) is 3.57. The van der Waals surface area contributed by atoms with E-state index in [-0.39, 0.29) is 0 Å². The molecule has 0 saturated carbocycles. The summed E-state index contributed by atoms with van der Waals surface area (Å²) in [5.41, 5.74) is 0. The monoisotopic (exact) mass is 168 g/mol. The molecule has 0 aromatic rings. The SMILES string of the molecule is CC=C(C)[Si](C)(C)C(C)=CC. The predicted octanol–water partition coefficient (Wildman–Crippen LogP) is 3.71. The molecule has 0 unspecified atom stereocenters. The van der Waals surface area contributed by atoms with Gasteiger partial charge in [-0.2, -0.15) is 0 Å². The Morgan fingerprint density at radius 1 is 0.909 bits per heavy atom. The van der Waals surface area contributed by atoms with Crippen LogP contribution in [0.1, 0.15) is 27.7 Å². The normalized spacial score (nSPS) is 15.5. The maximum absolute atomic E-state index is 2.40. The van der Waals surface area contributed by atoms with Crippen molar-refractivity contribution in [2.45, 2.75) is 40.8 Å². The summed E-state index contributed by atoms with van der Waals surface area (Å²) in [6.45, 7) is 13.6. The molecular formula is C10H20Si. The highest BCUT2D eigenvalue weighted by atomic mass is 28.3. The summed E-state index contributed by atoms with van der Waals surface area (Å²) in [6.07, 6.45) is 4.50. The van der Waals surface area contributed by atoms with Gasteiger partial charge in [-0.05, 0) is 27.7 Å². The summed E-state index contributed by atoms with van der Waals surface area (Å²) in [5.74, 6) is 0. The molecule has 64 valence electrons. The van der Waals surface area contributed by atoms with Crippen LogP contribution in [0, 0.1) is 0 Å². The Labute approximate surface area is 72.0 Å². The van der Waals surface area contributed by atoms with Gasteiger partial charge in [0.05, 0.1) is 0 Å². The van der Waals surface area contributed by atoms with E-state index in [0.717, 1.165) is 0 Å². The highest BCUT2D eigenvalue weighted by Gasteiger charge is 2.23. The van der Waals surface area contributed by atoms with Crippen LogP contribution in [-0.2, 0) is 0 Å². The lowest BCUT2D eigenvalue weighted by atomic mass is 10.6. The second-order valence-corrected chi connectivity index (χ2v) is 8.40. The Morgan fingerprint density at radius 2 is 1.18 bits per heavy atom. The predicted molar refractivity (Wildman–Crippen MR) is 56.3 cm³/mol. The number of rotatable bonds is 2. The minimum atomic E-state index is -1.19. The summed E-state index contributed by atoms with van der Waals surface area (Å²) < 4.78 is 0. The van der Waals surface area contributed by atoms with Gasteiger partial charge >= 0.3 is 0 Å². The van der Waals surface area contributed by atoms with Gasteiger partial charge in [0.2, 0.25) is 0 Å². The molecule has 0 aliphatic carbocycles. The summed E-state index contributed by atoms with van der Waals surface area (Å²) in [7, 11) is -1.19. The zero-order chi connectivity index (χ0) is 9.07. The fourth-order valence-corrected chi connectivity index (χ4v) is 3.10. The van der Waals surface area contributed by atoms with Gasteiger partial charge in [-0.25, -0.2) is 0 Å². The summed E-state index contributed by atoms with van der Waals surface area (Å²) in [4.78, 5) is 0. The third-order valence-corrected chi connectivity index (χ3v) is 7.36. The summed E-state index contributed by atoms with van der Waals surface area (Å²) in [6, 6.07) is 0. The molecule has 0 rings (SSSR count). The highest BCUT2D eigenvalue weighted by Crippen LogP contribution is 2.22. The van der Waals surface area contributed by atoms with Crippen LogP contribution in [0.5, 0.6) is 0 Å². The molecule has 0 saturated heterocycles. The first-order valence-corrected chi connectivity index (χ1v) is 7.23. The molecule has 1 heteroatoms. The molecule has 0 nitrogen and oxygen atoms in total. The van der Waals surface area contributed by atoms with Crippen molar-refractivity contribution < 1.29 is 0 Å². The lowest BCUT2D eigenvalue weighted by Crippen LogP contribution is -2.29. The Balaban J connectivity index is 4.73. The number of hydrogen-bond acceptors (Lipinski definition) is 0. The lowest BCUT2D eigenvalue weighted by Gasteiger charge is -2.24. The van der Waals surface area contributed by atoms with Gasteiger partial charge in [0.25, 0.3) is 0 Å². The van der Waals surface area contributed by atoms with Crippen LogP contribution >= 0.6 is 0 Å². The van der Waals surface area contributed by atoms with Crippen molar-refractivity contribution in [1.82, 2.24) is 0 Å². The van der Waals surface area contributed by atoms with Crippen molar-refractivity contribution in [3.05, 3.63) is 22.5 Å². The fourth-order valence-electron chi connectivity index (χ4n) is 1.03. The van der Waals surface area contributed by atoms with Gasteiger partial charge in [0, 0.05) is 0 Å². The van der Waals surface area contributed by atoms with Crippen LogP contribution in [0.25, 0.3) is 0 Å². The average molecular weight is 168 g/mol. The lowest BCUT2D eigenvalue weighted by molar-refractivity contribution is 1.43. The van der Waals surface area contributed by atoms with Crippen molar-refractivity contribution >= 4 is 8.07 Å². The molecule has 0 spiro atoms. The second kappa shape index (κ2) is 3.91. The van der Waals surface area contributed by atoms with Gasteiger partial charge in [-0.3, -0.25) is 0 Å². The van der Waals surface area contributed by atoms with E-state index in [4.69, 9.17) is 0 Å². The van der Waals surface area contributed by atoms with E-state index in [1.54, 1.807) is 10.4 Å². The van der Waals surface area contributed by atoms with Gasteiger partial charge in [0.15, 0.2) is 0 Å². The summed E-state index contributed by atoms with van der Waals surface area (Å²) in [5, 5.41) is 3.15. The van der Waals surface area contributed by atoms with Crippen molar-refractivity contribution in [3.63, 3.8) is 0 Å². The highest BCUT2D eigenvalue weighted by molar-refractivity contribution is 6.90. The van der Waals surface area contributed by atoms with Crippen LogP contribution in [0.15, 0.2) is 22.5 Å². The first-order valence-electron chi connectivity index (χ1n) is 4.23. The maximum atomic E-state index is 2.40. The van der Waals surface area contributed by atoms with E-state index >= 15 is 0 Å². The molecule has 0 aromatic carbocycles. The van der Waals surface area contributed by atoms with Crippen molar-refractivity contribution in [2.24, 2.45) is 0 Å². The summed E-state index contributed by atoms with van der Waals surface area (Å²) >= 11 is 0. The van der Waals surface area contributed by atoms with E-state index in [0.29, 0.717) is 0 Å². The maximum Gasteiger partial charge on any atom is 0.101 e. The molecular weight excluding hydrogens is 148 g/mol. The van der Waals surface area contributed by atoms with Crippen molar-refractivity contribution in [2.75, 3.05) is 0 Å². The largest absolute Gasteiger partial charge is 0.101 e. The van der Waals surface area contributed by atoms with Crippen LogP contribution < -0.4 is 0 Å². The molecule has 0 atom stereocenters. The molecule has 0 aliphatic rings. The molecule has 0 heterocycles. The Hall–Kier alpha value is -0.303. The molecule has 11 heavy (non-hydrogen) atoms. The first-order chi connectivity index (χ1) is 4.96. The van der Waals surface area contributed by atoms with Crippen LogP contribution in [0.4, 0.5) is 0 Å². The topological polar surface area (TPSA) is 0 Å². The van der Waals surface area contributed by atoms with E-state index in [1.807, 2.05) is 0 Å². The van der Waals surface area contributed by atoms with Crippen molar-refractivity contribution in [3.8, 4) is 0 Å². The Bertz CT molecular complexity index is 165. The van der Waals surface area contributed by atoms with E-state index in [2.05, 4.69) is 52.9 Å². The van der Waals surface area contributed by atoms with Crippen molar-refractivity contribution in [1.29, 1.82) is 0 Å². The molecule has 0 amide bonds. The van der Waals surface area contributed by atoms with Gasteiger partial charge in [0.1, 0.15) is 8.07 Å². The quantitative estimate of drug-likeness (QED) is 0.551. The van der Waals surface area contributed by atoms with E-state index < -0.39 is 8.07 Å². The fraction of sp³-hybridized carbons (Fsp3) is 0.600. The van der Waals surface area contributed by atoms with Crippen LogP contribution in [0.3, 0.4) is 0 Å². The Kier molecular flexibility index (Phi) is 3.80. The first kappa shape index (κ1) is 10.7. The average Bonchev–Trinajstić information content (AvgIpc) is 2.01. The molecule has 0 bridgehead atoms. The zero-order valence-corrected chi connectivity index (χ0v) is 9.65. The zero-order valence-electron chi connectivity index (χ0n) is 8.65. The third kappa shape index (κ3) is 2.33. The van der Waals surface area contributed by atoms with Crippen LogP contribution in [-0.4, -0.2) is 8.07 Å². The Morgan fingerprint density at radius 3 is 1.36 bits per heavy atom. The smallest absolute Gasteiger partial charge is 0.0922 e. The molecule has 0 aliphatic heterocycles. The molecule has 0 radical (unpaired) electrons. The van der Waals surface area contributed by atoms with Gasteiger partial charge in [-0.1, -0.05) is 35.6 Å². The number of allylic oxidation sites excluding steroid dienone is 4. The number of hydrogen-bond donors (Lipinski definition) is 0. The third-order valence-electron chi connectivity index (χ3n) is 2.84. The molecule has 0 fully saturated rings. The molecule has 0 N–H and O–H groups in total. The minimum Gasteiger partial charge on any atom is -0.0922 e. The molecule has 0 aromatic heterocycles. The van der Waals surface area contributed by atoms with Gasteiger partial charge in [-0.15, -0.1) is 0 Å². The van der Waals surface area contributed by atoms with Crippen LogP contribution in [0.2, 0.25) is 13.1 Å². The standard InChI is InChI=1S/C10H20Si/c1-7-9(3)11(5,6)10(4)8-2/h7-8H,1-6H3. The van der Waals surface area contributed by atoms with E-state index in [1.165, 1.54) is 0 Å². The van der Waals surface area contributed by atoms with E-state index in [9.17, 15) is 0 Å².